The normalized spacial score (nSPS) is 16.9. The molecule has 0 saturated heterocycles. The van der Waals surface area contributed by atoms with Crippen molar-refractivity contribution in [1.82, 2.24) is 19.5 Å². The second-order valence-corrected chi connectivity index (χ2v) is 22.3. The summed E-state index contributed by atoms with van der Waals surface area (Å²) in [6.45, 7) is 0. The highest BCUT2D eigenvalue weighted by atomic mass is 15.0. The van der Waals surface area contributed by atoms with Crippen LogP contribution in [-0.4, -0.2) is 19.5 Å². The fraction of sp³-hybridized carbons (Fsp3) is 0.0921. The smallest absolute Gasteiger partial charge is 0.0702 e. The number of pyridine rings is 3. The molecule has 0 amide bonds. The molecule has 0 spiro atoms. The molecular weight excluding hydrogens is 969 g/mol. The van der Waals surface area contributed by atoms with Gasteiger partial charge in [0.05, 0.1) is 28.1 Å². The Balaban J connectivity index is 0.772. The third kappa shape index (κ3) is 7.85. The van der Waals surface area contributed by atoms with Crippen LogP contribution in [0.15, 0.2) is 267 Å². The molecule has 4 aliphatic carbocycles. The van der Waals surface area contributed by atoms with Crippen molar-refractivity contribution in [2.24, 2.45) is 11.8 Å². The number of hydrogen-bond acceptors (Lipinski definition) is 3. The number of hydrogen-bond donors (Lipinski definition) is 0. The molecule has 0 N–H and O–H groups in total. The zero-order valence-electron chi connectivity index (χ0n) is 44.1. The molecule has 4 nitrogen and oxygen atoms in total. The Morgan fingerprint density at radius 2 is 0.650 bits per heavy atom. The summed E-state index contributed by atoms with van der Waals surface area (Å²) in [4.78, 5) is 15.3. The van der Waals surface area contributed by atoms with Crippen LogP contribution in [0.5, 0.6) is 0 Å². The molecule has 0 radical (unpaired) electrons. The van der Waals surface area contributed by atoms with Crippen LogP contribution < -0.4 is 0 Å². The number of benzene rings is 9. The van der Waals surface area contributed by atoms with Crippen molar-refractivity contribution in [2.75, 3.05) is 0 Å². The fourth-order valence-electron chi connectivity index (χ4n) is 14.2. The summed E-state index contributed by atoms with van der Waals surface area (Å²) in [7, 11) is 0. The van der Waals surface area contributed by atoms with Gasteiger partial charge < -0.3 is 4.57 Å². The van der Waals surface area contributed by atoms with E-state index in [1.165, 1.54) is 46.6 Å². The van der Waals surface area contributed by atoms with E-state index in [9.17, 15) is 0 Å². The minimum absolute atomic E-state index is 0.730. The van der Waals surface area contributed by atoms with Crippen LogP contribution in [0, 0.1) is 11.8 Å². The number of nitrogens with zero attached hydrogens (tertiary/aromatic N) is 4. The Bertz CT molecular complexity index is 4450. The van der Waals surface area contributed by atoms with Crippen molar-refractivity contribution in [3.05, 3.63) is 278 Å². The van der Waals surface area contributed by atoms with Gasteiger partial charge in [0, 0.05) is 68.4 Å². The van der Waals surface area contributed by atoms with E-state index in [2.05, 4.69) is 253 Å². The predicted molar refractivity (Wildman–Crippen MR) is 329 cm³/mol. The van der Waals surface area contributed by atoms with Crippen molar-refractivity contribution >= 4 is 21.8 Å². The maximum Gasteiger partial charge on any atom is 0.0702 e. The lowest BCUT2D eigenvalue weighted by Gasteiger charge is -2.38. The number of rotatable bonds is 10. The average molecular weight is 1020 g/mol. The molecule has 80 heavy (non-hydrogen) atoms. The highest BCUT2D eigenvalue weighted by molar-refractivity contribution is 6.09. The van der Waals surface area contributed by atoms with E-state index in [1.54, 1.807) is 11.1 Å². The summed E-state index contributed by atoms with van der Waals surface area (Å²) < 4.78 is 2.36. The highest BCUT2D eigenvalue weighted by Gasteiger charge is 2.52. The first kappa shape index (κ1) is 46.3. The van der Waals surface area contributed by atoms with Crippen molar-refractivity contribution in [3.63, 3.8) is 0 Å². The Morgan fingerprint density at radius 3 is 1.10 bits per heavy atom. The largest absolute Gasteiger partial charge is 0.309 e. The van der Waals surface area contributed by atoms with E-state index >= 15 is 0 Å². The van der Waals surface area contributed by atoms with E-state index in [4.69, 9.17) is 15.0 Å². The molecule has 4 heterocycles. The van der Waals surface area contributed by atoms with E-state index < -0.39 is 0 Å². The molecule has 9 aromatic carbocycles. The number of para-hydroxylation sites is 2. The molecule has 2 saturated carbocycles. The summed E-state index contributed by atoms with van der Waals surface area (Å²) >= 11 is 0. The van der Waals surface area contributed by atoms with Crippen molar-refractivity contribution in [1.29, 1.82) is 0 Å². The molecule has 378 valence electrons. The standard InChI is InChI=1S/C76H54N4/c1-2-14-48(15-3-1)72-35-29-51(45-77-72)60-16-4-7-19-63(60)54-38-55(40-56(39-54)65-21-9-6-18-62(65)53-31-37-74(79-47-53)50-28-34-66-69-43-58-41-57(69)44-70(58)71(66)42-50)64-20-8-5-17-61(64)52-30-36-73(78-46-52)49-26-32-59(33-27-49)80-75-24-12-10-22-67(75)68-23-11-13-25-76(68)80/h1-40,42,45-47,57-58,69-70H,41,43-44H2. The Labute approximate surface area is 466 Å². The summed E-state index contributed by atoms with van der Waals surface area (Å²) in [6, 6.07) is 90.3. The highest BCUT2D eigenvalue weighted by Crippen LogP contribution is 2.65. The van der Waals surface area contributed by atoms with Gasteiger partial charge in [-0.15, -0.1) is 0 Å². The first-order valence-electron chi connectivity index (χ1n) is 28.2. The summed E-state index contributed by atoms with van der Waals surface area (Å²) in [5.74, 6) is 3.28. The van der Waals surface area contributed by atoms with Crippen LogP contribution in [0.4, 0.5) is 0 Å². The third-order valence-corrected chi connectivity index (χ3v) is 18.0. The van der Waals surface area contributed by atoms with E-state index in [0.29, 0.717) is 0 Å². The van der Waals surface area contributed by atoms with Crippen molar-refractivity contribution in [3.8, 4) is 106 Å². The molecule has 13 aromatic rings. The molecule has 4 heteroatoms. The van der Waals surface area contributed by atoms with Crippen LogP contribution in [-0.2, 0) is 0 Å². The van der Waals surface area contributed by atoms with Gasteiger partial charge in [-0.25, -0.2) is 0 Å². The van der Waals surface area contributed by atoms with Crippen LogP contribution in [0.1, 0.15) is 42.2 Å². The van der Waals surface area contributed by atoms with Crippen molar-refractivity contribution in [2.45, 2.75) is 31.1 Å². The third-order valence-electron chi connectivity index (χ3n) is 18.0. The lowest BCUT2D eigenvalue weighted by Crippen LogP contribution is -2.24. The number of fused-ring (bicyclic) bond motifs is 3. The SMILES string of the molecule is c1ccc(-c2ccc(-c3ccccc3-c3cc(-c4ccccc4-c4ccc(-c5ccc(-n6c7ccccc7c7ccccc76)cc5)nc4)cc(-c4ccccc4-c4ccc(-c5ccc6c(c5)C5CC7CC5CC67)nc4)c3)cn2)cc1. The van der Waals surface area contributed by atoms with E-state index in [1.807, 2.05) is 18.5 Å². The van der Waals surface area contributed by atoms with Gasteiger partial charge in [-0.2, -0.15) is 0 Å². The molecular formula is C76H54N4. The van der Waals surface area contributed by atoms with Gasteiger partial charge in [0.1, 0.15) is 0 Å². The Morgan fingerprint density at radius 1 is 0.275 bits per heavy atom. The van der Waals surface area contributed by atoms with Gasteiger partial charge in [-0.3, -0.25) is 15.0 Å². The minimum atomic E-state index is 0.730. The van der Waals surface area contributed by atoms with Crippen LogP contribution in [0.2, 0.25) is 0 Å². The van der Waals surface area contributed by atoms with Gasteiger partial charge in [0.2, 0.25) is 0 Å². The molecule has 4 aromatic heterocycles. The second kappa shape index (κ2) is 19.0. The van der Waals surface area contributed by atoms with Gasteiger partial charge in [-0.05, 0) is 171 Å². The Hall–Kier alpha value is -9.77. The van der Waals surface area contributed by atoms with Gasteiger partial charge in [-0.1, -0.05) is 182 Å². The molecule has 0 aliphatic heterocycles. The Kier molecular flexibility index (Phi) is 11.0. The monoisotopic (exact) mass is 1020 g/mol. The molecule has 4 atom stereocenters. The molecule has 4 unspecified atom stereocenters. The maximum absolute atomic E-state index is 5.19. The first-order valence-corrected chi connectivity index (χ1v) is 28.2. The molecule has 4 bridgehead atoms. The van der Waals surface area contributed by atoms with E-state index in [0.717, 1.165) is 124 Å². The van der Waals surface area contributed by atoms with Crippen LogP contribution >= 0.6 is 0 Å². The lowest BCUT2D eigenvalue weighted by molar-refractivity contribution is 0.339. The maximum atomic E-state index is 5.19. The second-order valence-electron chi connectivity index (χ2n) is 22.3. The molecule has 4 aliphatic rings. The zero-order valence-corrected chi connectivity index (χ0v) is 44.1. The first-order chi connectivity index (χ1) is 39.6. The van der Waals surface area contributed by atoms with Gasteiger partial charge in [0.25, 0.3) is 0 Å². The van der Waals surface area contributed by atoms with Gasteiger partial charge in [0.15, 0.2) is 0 Å². The minimum Gasteiger partial charge on any atom is -0.309 e. The van der Waals surface area contributed by atoms with E-state index in [-0.39, 0.29) is 0 Å². The summed E-state index contributed by atoms with van der Waals surface area (Å²) in [5, 5.41) is 2.51. The average Bonchev–Trinajstić information content (AvgIpc) is 4.44. The van der Waals surface area contributed by atoms with Crippen molar-refractivity contribution < 1.29 is 0 Å². The number of aromatic nitrogens is 4. The topological polar surface area (TPSA) is 43.6 Å². The van der Waals surface area contributed by atoms with Crippen LogP contribution in [0.3, 0.4) is 0 Å². The quantitative estimate of drug-likeness (QED) is 0.137. The summed E-state index contributed by atoms with van der Waals surface area (Å²) in [6.07, 6.45) is 10.3. The predicted octanol–water partition coefficient (Wildman–Crippen LogP) is 19.6. The van der Waals surface area contributed by atoms with Gasteiger partial charge >= 0.3 is 0 Å². The zero-order chi connectivity index (χ0) is 52.7. The molecule has 17 rings (SSSR count). The lowest BCUT2D eigenvalue weighted by atomic mass is 9.67. The fourth-order valence-corrected chi connectivity index (χ4v) is 14.2. The molecule has 2 fully saturated rings. The summed E-state index contributed by atoms with van der Waals surface area (Å²) in [5.41, 5.74) is 26.4. The van der Waals surface area contributed by atoms with Crippen LogP contribution in [0.25, 0.3) is 128 Å².